The second kappa shape index (κ2) is 9.75. The molecule has 3 heteroatoms. The smallest absolute Gasteiger partial charge is 0.0366 e. The second-order valence-electron chi connectivity index (χ2n) is 6.28. The van der Waals surface area contributed by atoms with E-state index in [9.17, 15) is 0 Å². The maximum atomic E-state index is 4.38. The fourth-order valence-electron chi connectivity index (χ4n) is 3.36. The van der Waals surface area contributed by atoms with Crippen molar-refractivity contribution in [2.24, 2.45) is 0 Å². The van der Waals surface area contributed by atoms with Crippen molar-refractivity contribution in [1.29, 1.82) is 0 Å². The molecule has 0 aromatic heterocycles. The maximum Gasteiger partial charge on any atom is 0.0366 e. The number of anilines is 1. The Labute approximate surface area is 167 Å². The molecule has 0 bridgehead atoms. The van der Waals surface area contributed by atoms with Crippen LogP contribution in [0.1, 0.15) is 22.6 Å². The normalized spacial score (nSPS) is 10.9. The molecule has 0 heterocycles. The fourth-order valence-corrected chi connectivity index (χ4v) is 3.84. The van der Waals surface area contributed by atoms with Crippen LogP contribution in [0.4, 0.5) is 5.69 Å². The standard InChI is InChI=1S/C23H25NS2/c25-17-15-24(16-18-26)22-13-11-21(12-14-22)23(19-7-3-1-4-8-19)20-9-5-2-6-10-20/h1-14,23,25-26H,15-18H2. The topological polar surface area (TPSA) is 3.24 Å². The average molecular weight is 380 g/mol. The molecule has 0 amide bonds. The van der Waals surface area contributed by atoms with Gasteiger partial charge in [-0.05, 0) is 28.8 Å². The molecule has 0 spiro atoms. The highest BCUT2D eigenvalue weighted by atomic mass is 32.1. The zero-order valence-corrected chi connectivity index (χ0v) is 16.6. The molecule has 0 aliphatic heterocycles. The van der Waals surface area contributed by atoms with E-state index in [1.165, 1.54) is 22.4 Å². The summed E-state index contributed by atoms with van der Waals surface area (Å²) in [5.41, 5.74) is 5.17. The van der Waals surface area contributed by atoms with Crippen LogP contribution in [0.2, 0.25) is 0 Å². The van der Waals surface area contributed by atoms with Crippen LogP contribution in [0.5, 0.6) is 0 Å². The molecule has 0 radical (unpaired) electrons. The van der Waals surface area contributed by atoms with Crippen LogP contribution in [-0.2, 0) is 0 Å². The fraction of sp³-hybridized carbons (Fsp3) is 0.217. The molecule has 0 saturated carbocycles. The van der Waals surface area contributed by atoms with Gasteiger partial charge in [-0.15, -0.1) is 0 Å². The molecule has 26 heavy (non-hydrogen) atoms. The molecule has 3 aromatic rings. The minimum absolute atomic E-state index is 0.245. The zero-order chi connectivity index (χ0) is 18.2. The van der Waals surface area contributed by atoms with Gasteiger partial charge in [0.1, 0.15) is 0 Å². The third-order valence-corrected chi connectivity index (χ3v) is 5.00. The van der Waals surface area contributed by atoms with E-state index in [1.807, 2.05) is 0 Å². The first-order chi connectivity index (χ1) is 12.8. The molecule has 0 atom stereocenters. The van der Waals surface area contributed by atoms with E-state index in [2.05, 4.69) is 115 Å². The molecule has 1 nitrogen and oxygen atoms in total. The van der Waals surface area contributed by atoms with E-state index in [-0.39, 0.29) is 5.92 Å². The molecular weight excluding hydrogens is 354 g/mol. The van der Waals surface area contributed by atoms with Gasteiger partial charge in [0.15, 0.2) is 0 Å². The van der Waals surface area contributed by atoms with Crippen LogP contribution < -0.4 is 4.90 Å². The lowest BCUT2D eigenvalue weighted by Gasteiger charge is -2.25. The minimum atomic E-state index is 0.245. The van der Waals surface area contributed by atoms with Crippen molar-refractivity contribution < 1.29 is 0 Å². The molecule has 3 aromatic carbocycles. The highest BCUT2D eigenvalue weighted by Gasteiger charge is 2.16. The first kappa shape index (κ1) is 18.9. The Bertz CT molecular complexity index is 727. The summed E-state index contributed by atoms with van der Waals surface area (Å²) in [5.74, 6) is 1.92. The summed E-state index contributed by atoms with van der Waals surface area (Å²) in [6.07, 6.45) is 0. The SMILES string of the molecule is SCCN(CCS)c1ccc(C(c2ccccc2)c2ccccc2)cc1. The Morgan fingerprint density at radius 2 is 1.00 bits per heavy atom. The number of nitrogens with zero attached hydrogens (tertiary/aromatic N) is 1. The van der Waals surface area contributed by atoms with Crippen molar-refractivity contribution in [1.82, 2.24) is 0 Å². The maximum absolute atomic E-state index is 4.38. The van der Waals surface area contributed by atoms with Crippen LogP contribution in [0, 0.1) is 0 Å². The van der Waals surface area contributed by atoms with E-state index in [0.29, 0.717) is 0 Å². The van der Waals surface area contributed by atoms with Gasteiger partial charge in [0.25, 0.3) is 0 Å². The van der Waals surface area contributed by atoms with E-state index in [0.717, 1.165) is 24.6 Å². The van der Waals surface area contributed by atoms with E-state index in [4.69, 9.17) is 0 Å². The molecule has 0 fully saturated rings. The molecule has 0 N–H and O–H groups in total. The highest BCUT2D eigenvalue weighted by molar-refractivity contribution is 7.80. The Balaban J connectivity index is 1.95. The van der Waals surface area contributed by atoms with Gasteiger partial charge in [-0.2, -0.15) is 25.3 Å². The number of hydrogen-bond donors (Lipinski definition) is 2. The largest absolute Gasteiger partial charge is 0.370 e. The molecular formula is C23H25NS2. The lowest BCUT2D eigenvalue weighted by molar-refractivity contribution is 0.879. The van der Waals surface area contributed by atoms with E-state index in [1.54, 1.807) is 0 Å². The van der Waals surface area contributed by atoms with Crippen molar-refractivity contribution >= 4 is 30.9 Å². The van der Waals surface area contributed by atoms with Gasteiger partial charge in [0.05, 0.1) is 0 Å². The van der Waals surface area contributed by atoms with Gasteiger partial charge in [0.2, 0.25) is 0 Å². The van der Waals surface area contributed by atoms with Crippen LogP contribution in [0.15, 0.2) is 84.9 Å². The van der Waals surface area contributed by atoms with Gasteiger partial charge in [-0.3, -0.25) is 0 Å². The lowest BCUT2D eigenvalue weighted by Crippen LogP contribution is -2.27. The van der Waals surface area contributed by atoms with Gasteiger partial charge < -0.3 is 4.90 Å². The zero-order valence-electron chi connectivity index (χ0n) is 14.8. The molecule has 0 unspecified atom stereocenters. The summed E-state index contributed by atoms with van der Waals surface area (Å²) < 4.78 is 0. The Kier molecular flexibility index (Phi) is 7.10. The summed E-state index contributed by atoms with van der Waals surface area (Å²) in [7, 11) is 0. The molecule has 0 saturated heterocycles. The van der Waals surface area contributed by atoms with Crippen molar-refractivity contribution in [3.05, 3.63) is 102 Å². The van der Waals surface area contributed by atoms with Crippen LogP contribution in [0.3, 0.4) is 0 Å². The number of rotatable bonds is 8. The highest BCUT2D eigenvalue weighted by Crippen LogP contribution is 2.32. The van der Waals surface area contributed by atoms with Crippen molar-refractivity contribution in [2.75, 3.05) is 29.5 Å². The second-order valence-corrected chi connectivity index (χ2v) is 7.17. The van der Waals surface area contributed by atoms with Gasteiger partial charge >= 0.3 is 0 Å². The van der Waals surface area contributed by atoms with E-state index >= 15 is 0 Å². The number of benzene rings is 3. The molecule has 0 aliphatic rings. The quantitative estimate of drug-likeness (QED) is 0.384. The van der Waals surface area contributed by atoms with Crippen molar-refractivity contribution in [2.45, 2.75) is 5.92 Å². The first-order valence-electron chi connectivity index (χ1n) is 9.00. The summed E-state index contributed by atoms with van der Waals surface area (Å²) in [6, 6.07) is 30.4. The van der Waals surface area contributed by atoms with Crippen LogP contribution in [-0.4, -0.2) is 24.6 Å². The first-order valence-corrected chi connectivity index (χ1v) is 10.3. The Morgan fingerprint density at radius 1 is 0.577 bits per heavy atom. The average Bonchev–Trinajstić information content (AvgIpc) is 2.70. The van der Waals surface area contributed by atoms with Crippen LogP contribution >= 0.6 is 25.3 Å². The molecule has 134 valence electrons. The summed E-state index contributed by atoms with van der Waals surface area (Å²) >= 11 is 8.77. The number of thiol groups is 2. The monoisotopic (exact) mass is 379 g/mol. The summed E-state index contributed by atoms with van der Waals surface area (Å²) in [4.78, 5) is 2.34. The Morgan fingerprint density at radius 3 is 1.42 bits per heavy atom. The minimum Gasteiger partial charge on any atom is -0.370 e. The third kappa shape index (κ3) is 4.66. The van der Waals surface area contributed by atoms with E-state index < -0.39 is 0 Å². The van der Waals surface area contributed by atoms with Crippen LogP contribution in [0.25, 0.3) is 0 Å². The molecule has 3 rings (SSSR count). The van der Waals surface area contributed by atoms with Gasteiger partial charge in [-0.25, -0.2) is 0 Å². The Hall–Kier alpha value is -1.84. The van der Waals surface area contributed by atoms with Gasteiger partial charge in [0, 0.05) is 36.2 Å². The molecule has 0 aliphatic carbocycles. The van der Waals surface area contributed by atoms with Crippen molar-refractivity contribution in [3.8, 4) is 0 Å². The predicted molar refractivity (Wildman–Crippen MR) is 120 cm³/mol. The lowest BCUT2D eigenvalue weighted by atomic mass is 9.85. The third-order valence-electron chi connectivity index (χ3n) is 4.60. The van der Waals surface area contributed by atoms with Gasteiger partial charge in [-0.1, -0.05) is 72.8 Å². The summed E-state index contributed by atoms with van der Waals surface area (Å²) in [5, 5.41) is 0. The summed E-state index contributed by atoms with van der Waals surface area (Å²) in [6.45, 7) is 1.87. The van der Waals surface area contributed by atoms with Crippen molar-refractivity contribution in [3.63, 3.8) is 0 Å². The number of hydrogen-bond acceptors (Lipinski definition) is 3. The predicted octanol–water partition coefficient (Wildman–Crippen LogP) is 5.53.